The van der Waals surface area contributed by atoms with E-state index in [1.807, 2.05) is 11.8 Å². The van der Waals surface area contributed by atoms with Crippen LogP contribution in [0.2, 0.25) is 0 Å². The number of carbonyl (C=O) groups excluding carboxylic acids is 1. The van der Waals surface area contributed by atoms with Crippen molar-refractivity contribution in [3.8, 4) is 0 Å². The van der Waals surface area contributed by atoms with Gasteiger partial charge in [0.1, 0.15) is 0 Å². The first-order valence-corrected chi connectivity index (χ1v) is 8.56. The predicted octanol–water partition coefficient (Wildman–Crippen LogP) is 2.92. The summed E-state index contributed by atoms with van der Waals surface area (Å²) >= 11 is 1.85. The third kappa shape index (κ3) is 3.66. The highest BCUT2D eigenvalue weighted by molar-refractivity contribution is 7.99. The Morgan fingerprint density at radius 3 is 3.10 bits per heavy atom. The number of anilines is 1. The second-order valence-corrected chi connectivity index (χ2v) is 6.21. The number of thioether (sulfide) groups is 1. The van der Waals surface area contributed by atoms with Crippen LogP contribution in [0, 0.1) is 0 Å². The molecule has 2 unspecified atom stereocenters. The number of pyridine rings is 1. The van der Waals surface area contributed by atoms with Crippen molar-refractivity contribution in [2.75, 3.05) is 18.1 Å². The molecule has 1 aromatic heterocycles. The molecule has 1 aliphatic rings. The van der Waals surface area contributed by atoms with Crippen LogP contribution in [0.25, 0.3) is 0 Å². The van der Waals surface area contributed by atoms with Gasteiger partial charge in [-0.1, -0.05) is 13.3 Å². The van der Waals surface area contributed by atoms with E-state index in [0.29, 0.717) is 16.9 Å². The fraction of sp³-hybridized carbons (Fsp3) is 0.600. The van der Waals surface area contributed by atoms with Gasteiger partial charge < -0.3 is 10.6 Å². The Morgan fingerprint density at radius 2 is 2.35 bits per heavy atom. The Morgan fingerprint density at radius 1 is 1.50 bits per heavy atom. The Kier molecular flexibility index (Phi) is 5.71. The third-order valence-corrected chi connectivity index (χ3v) is 4.87. The van der Waals surface area contributed by atoms with E-state index in [9.17, 15) is 4.79 Å². The topological polar surface area (TPSA) is 54.0 Å². The summed E-state index contributed by atoms with van der Waals surface area (Å²) in [6.07, 6.45) is 10.0. The van der Waals surface area contributed by atoms with Gasteiger partial charge in [0, 0.05) is 24.0 Å². The number of hydrogen-bond acceptors (Lipinski definition) is 4. The largest absolute Gasteiger partial charge is 0.383 e. The summed E-state index contributed by atoms with van der Waals surface area (Å²) in [6, 6.07) is 2.08. The summed E-state index contributed by atoms with van der Waals surface area (Å²) in [5.74, 6) is 0.0111. The average Bonchev–Trinajstić information content (AvgIpc) is 2.92. The summed E-state index contributed by atoms with van der Waals surface area (Å²) < 4.78 is 0. The zero-order valence-corrected chi connectivity index (χ0v) is 13.0. The first kappa shape index (κ1) is 15.2. The molecule has 1 aromatic rings. The molecule has 1 aliphatic carbocycles. The molecule has 2 atom stereocenters. The minimum absolute atomic E-state index is 0.0111. The number of carbonyl (C=O) groups is 1. The summed E-state index contributed by atoms with van der Waals surface area (Å²) in [6.45, 7) is 2.95. The molecule has 2 N–H and O–H groups in total. The maximum Gasteiger partial charge on any atom is 0.253 e. The Bertz CT molecular complexity index is 452. The lowest BCUT2D eigenvalue weighted by Crippen LogP contribution is -2.38. The average molecular weight is 293 g/mol. The monoisotopic (exact) mass is 293 g/mol. The minimum atomic E-state index is 0.0111. The molecule has 2 rings (SSSR count). The third-order valence-electron chi connectivity index (χ3n) is 3.70. The van der Waals surface area contributed by atoms with Gasteiger partial charge in [0.25, 0.3) is 5.91 Å². The molecule has 110 valence electrons. The second-order valence-electron chi connectivity index (χ2n) is 5.13. The Hall–Kier alpha value is -1.23. The van der Waals surface area contributed by atoms with Crippen LogP contribution >= 0.6 is 11.8 Å². The zero-order chi connectivity index (χ0) is 14.4. The van der Waals surface area contributed by atoms with Gasteiger partial charge in [0.2, 0.25) is 0 Å². The standard InChI is InChI=1S/C15H23N3OS/c1-3-8-17-13-10-16-9-7-11(13)15(19)18-12-5-4-6-14(12)20-2/h7,9-10,12,14,17H,3-6,8H2,1-2H3,(H,18,19). The SMILES string of the molecule is CCCNc1cnccc1C(=O)NC1CCCC1SC. The van der Waals surface area contributed by atoms with Gasteiger partial charge in [0.05, 0.1) is 17.4 Å². The van der Waals surface area contributed by atoms with E-state index in [0.717, 1.165) is 25.1 Å². The van der Waals surface area contributed by atoms with Crippen LogP contribution < -0.4 is 10.6 Å². The highest BCUT2D eigenvalue weighted by atomic mass is 32.2. The van der Waals surface area contributed by atoms with Crippen LogP contribution in [0.3, 0.4) is 0 Å². The van der Waals surface area contributed by atoms with Crippen molar-refractivity contribution in [1.29, 1.82) is 0 Å². The highest BCUT2D eigenvalue weighted by Gasteiger charge is 2.28. The predicted molar refractivity (Wildman–Crippen MR) is 85.4 cm³/mol. The minimum Gasteiger partial charge on any atom is -0.383 e. The van der Waals surface area contributed by atoms with E-state index in [-0.39, 0.29) is 5.91 Å². The van der Waals surface area contributed by atoms with Gasteiger partial charge in [-0.2, -0.15) is 11.8 Å². The smallest absolute Gasteiger partial charge is 0.253 e. The van der Waals surface area contributed by atoms with Crippen LogP contribution in [0.1, 0.15) is 43.0 Å². The van der Waals surface area contributed by atoms with Gasteiger partial charge >= 0.3 is 0 Å². The molecule has 0 spiro atoms. The number of rotatable bonds is 6. The summed E-state index contributed by atoms with van der Waals surface area (Å²) in [5, 5.41) is 7.00. The molecule has 0 radical (unpaired) electrons. The zero-order valence-electron chi connectivity index (χ0n) is 12.2. The molecule has 5 heteroatoms. The van der Waals surface area contributed by atoms with E-state index in [1.54, 1.807) is 18.5 Å². The van der Waals surface area contributed by atoms with E-state index >= 15 is 0 Å². The summed E-state index contributed by atoms with van der Waals surface area (Å²) in [4.78, 5) is 16.6. The molecule has 0 aliphatic heterocycles. The molecule has 1 saturated carbocycles. The lowest BCUT2D eigenvalue weighted by Gasteiger charge is -2.20. The fourth-order valence-electron chi connectivity index (χ4n) is 2.61. The van der Waals surface area contributed by atoms with Gasteiger partial charge in [-0.05, 0) is 31.6 Å². The molecule has 1 fully saturated rings. The van der Waals surface area contributed by atoms with E-state index < -0.39 is 0 Å². The van der Waals surface area contributed by atoms with Crippen molar-refractivity contribution in [2.24, 2.45) is 0 Å². The van der Waals surface area contributed by atoms with E-state index in [4.69, 9.17) is 0 Å². The Balaban J connectivity index is 2.05. The summed E-state index contributed by atoms with van der Waals surface area (Å²) in [5.41, 5.74) is 1.52. The molecule has 1 amide bonds. The number of amides is 1. The molecule has 0 bridgehead atoms. The maximum absolute atomic E-state index is 12.5. The van der Waals surface area contributed by atoms with Crippen LogP contribution in [0.15, 0.2) is 18.5 Å². The second kappa shape index (κ2) is 7.53. The quantitative estimate of drug-likeness (QED) is 0.847. The van der Waals surface area contributed by atoms with Crippen LogP contribution in [0.4, 0.5) is 5.69 Å². The van der Waals surface area contributed by atoms with Crippen molar-refractivity contribution in [3.63, 3.8) is 0 Å². The molecule has 0 aromatic carbocycles. The van der Waals surface area contributed by atoms with Gasteiger partial charge in [-0.3, -0.25) is 9.78 Å². The molecular weight excluding hydrogens is 270 g/mol. The molecule has 0 saturated heterocycles. The van der Waals surface area contributed by atoms with Crippen LogP contribution in [0.5, 0.6) is 0 Å². The first-order chi connectivity index (χ1) is 9.76. The van der Waals surface area contributed by atoms with E-state index in [2.05, 4.69) is 28.8 Å². The van der Waals surface area contributed by atoms with Gasteiger partial charge in [-0.15, -0.1) is 0 Å². The fourth-order valence-corrected chi connectivity index (χ4v) is 3.55. The maximum atomic E-state index is 12.5. The van der Waals surface area contributed by atoms with Crippen LogP contribution in [-0.2, 0) is 0 Å². The highest BCUT2D eigenvalue weighted by Crippen LogP contribution is 2.28. The summed E-state index contributed by atoms with van der Waals surface area (Å²) in [7, 11) is 0. The lowest BCUT2D eigenvalue weighted by atomic mass is 10.1. The number of nitrogens with one attached hydrogen (secondary N) is 2. The number of nitrogens with zero attached hydrogens (tertiary/aromatic N) is 1. The van der Waals surface area contributed by atoms with Crippen molar-refractivity contribution in [2.45, 2.75) is 43.9 Å². The molecule has 4 nitrogen and oxygen atoms in total. The first-order valence-electron chi connectivity index (χ1n) is 7.27. The van der Waals surface area contributed by atoms with Crippen molar-refractivity contribution >= 4 is 23.4 Å². The normalized spacial score (nSPS) is 21.7. The molecule has 20 heavy (non-hydrogen) atoms. The van der Waals surface area contributed by atoms with Crippen molar-refractivity contribution < 1.29 is 4.79 Å². The van der Waals surface area contributed by atoms with Crippen LogP contribution in [-0.4, -0.2) is 35.0 Å². The Labute approximate surface area is 125 Å². The van der Waals surface area contributed by atoms with Gasteiger partial charge in [0.15, 0.2) is 0 Å². The molecule has 1 heterocycles. The number of hydrogen-bond donors (Lipinski definition) is 2. The lowest BCUT2D eigenvalue weighted by molar-refractivity contribution is 0.0939. The molecular formula is C15H23N3OS. The van der Waals surface area contributed by atoms with Crippen molar-refractivity contribution in [1.82, 2.24) is 10.3 Å². The number of aromatic nitrogens is 1. The van der Waals surface area contributed by atoms with Crippen molar-refractivity contribution in [3.05, 3.63) is 24.0 Å². The van der Waals surface area contributed by atoms with Gasteiger partial charge in [-0.25, -0.2) is 0 Å². The van der Waals surface area contributed by atoms with E-state index in [1.165, 1.54) is 12.8 Å².